The van der Waals surface area contributed by atoms with Crippen LogP contribution in [0.25, 0.3) is 0 Å². The summed E-state index contributed by atoms with van der Waals surface area (Å²) in [6.45, 7) is 5.92. The summed E-state index contributed by atoms with van der Waals surface area (Å²) < 4.78 is 0. The number of nitrogens with zero attached hydrogens (tertiary/aromatic N) is 1. The van der Waals surface area contributed by atoms with Gasteiger partial charge in [-0.1, -0.05) is 18.2 Å². The van der Waals surface area contributed by atoms with E-state index in [1.165, 1.54) is 6.92 Å². The third-order valence-corrected chi connectivity index (χ3v) is 4.79. The molecule has 2 N–H and O–H groups in total. The number of carbonyl (C=O) groups excluding carboxylic acids is 3. The number of hydrogen-bond acceptors (Lipinski definition) is 3. The van der Waals surface area contributed by atoms with E-state index in [0.717, 1.165) is 11.3 Å². The molecular formula is C22H25N3O3. The molecule has 0 radical (unpaired) electrons. The monoisotopic (exact) mass is 379 g/mol. The first-order valence-corrected chi connectivity index (χ1v) is 9.45. The van der Waals surface area contributed by atoms with Crippen LogP contribution in [0.4, 0.5) is 17.1 Å². The molecule has 0 aromatic heterocycles. The maximum absolute atomic E-state index is 12.9. The minimum Gasteiger partial charge on any atom is -0.326 e. The first-order chi connectivity index (χ1) is 13.4. The Morgan fingerprint density at radius 2 is 1.68 bits per heavy atom. The van der Waals surface area contributed by atoms with Crippen LogP contribution in [0.3, 0.4) is 0 Å². The third kappa shape index (κ3) is 4.57. The number of hydrogen-bond donors (Lipinski definition) is 2. The number of rotatable bonds is 6. The molecule has 2 atom stereocenters. The van der Waals surface area contributed by atoms with Crippen LogP contribution in [0.15, 0.2) is 48.5 Å². The average Bonchev–Trinajstić information content (AvgIpc) is 3.43. The van der Waals surface area contributed by atoms with E-state index in [9.17, 15) is 14.4 Å². The van der Waals surface area contributed by atoms with Crippen molar-refractivity contribution in [1.29, 1.82) is 0 Å². The Bertz CT molecular complexity index is 909. The Kier molecular flexibility index (Phi) is 5.78. The Morgan fingerprint density at radius 1 is 1.00 bits per heavy atom. The van der Waals surface area contributed by atoms with Gasteiger partial charge in [-0.15, -0.1) is 0 Å². The quantitative estimate of drug-likeness (QED) is 0.805. The zero-order valence-electron chi connectivity index (χ0n) is 16.4. The second-order valence-corrected chi connectivity index (χ2v) is 7.12. The number of amides is 3. The van der Waals surface area contributed by atoms with Crippen LogP contribution in [0.2, 0.25) is 0 Å². The maximum atomic E-state index is 12.9. The number of carbonyl (C=O) groups is 3. The fourth-order valence-electron chi connectivity index (χ4n) is 3.33. The van der Waals surface area contributed by atoms with Crippen LogP contribution >= 0.6 is 0 Å². The molecule has 1 fully saturated rings. The van der Waals surface area contributed by atoms with E-state index in [1.54, 1.807) is 29.2 Å². The highest BCUT2D eigenvalue weighted by Crippen LogP contribution is 2.41. The first-order valence-electron chi connectivity index (χ1n) is 9.45. The van der Waals surface area contributed by atoms with Crippen molar-refractivity contribution < 1.29 is 14.4 Å². The van der Waals surface area contributed by atoms with Crippen LogP contribution in [0.5, 0.6) is 0 Å². The predicted octanol–water partition coefficient (Wildman–Crippen LogP) is 3.58. The Hall–Kier alpha value is -3.15. The largest absolute Gasteiger partial charge is 0.326 e. The zero-order chi connectivity index (χ0) is 20.3. The van der Waals surface area contributed by atoms with E-state index in [1.807, 2.05) is 38.1 Å². The molecule has 1 saturated carbocycles. The minimum absolute atomic E-state index is 0.0137. The van der Waals surface area contributed by atoms with Crippen LogP contribution in [0, 0.1) is 18.8 Å². The molecule has 146 valence electrons. The summed E-state index contributed by atoms with van der Waals surface area (Å²) in [5, 5.41) is 5.53. The fourth-order valence-corrected chi connectivity index (χ4v) is 3.33. The van der Waals surface area contributed by atoms with Gasteiger partial charge >= 0.3 is 0 Å². The standard InChI is InChI=1S/C22H25N3O3/c1-4-25(18-10-5-7-14(2)11-18)22(28)20-13-19(20)21(27)24-17-9-6-8-16(12-17)23-15(3)26/h5-12,19-20H,4,13H2,1-3H3,(H,23,26)(H,24,27). The van der Waals surface area contributed by atoms with Crippen LogP contribution < -0.4 is 15.5 Å². The molecule has 0 spiro atoms. The van der Waals surface area contributed by atoms with Crippen molar-refractivity contribution >= 4 is 34.8 Å². The molecule has 0 bridgehead atoms. The average molecular weight is 379 g/mol. The SMILES string of the molecule is CCN(C(=O)C1CC1C(=O)Nc1cccc(NC(C)=O)c1)c1cccc(C)c1. The molecule has 1 aliphatic rings. The number of nitrogens with one attached hydrogen (secondary N) is 2. The van der Waals surface area contributed by atoms with Gasteiger partial charge in [0.15, 0.2) is 0 Å². The smallest absolute Gasteiger partial charge is 0.230 e. The van der Waals surface area contributed by atoms with Crippen molar-refractivity contribution in [3.8, 4) is 0 Å². The van der Waals surface area contributed by atoms with E-state index in [2.05, 4.69) is 10.6 Å². The van der Waals surface area contributed by atoms with Crippen LogP contribution in [-0.2, 0) is 14.4 Å². The second-order valence-electron chi connectivity index (χ2n) is 7.12. The lowest BCUT2D eigenvalue weighted by Gasteiger charge is -2.21. The fraction of sp³-hybridized carbons (Fsp3) is 0.318. The lowest BCUT2D eigenvalue weighted by Crippen LogP contribution is -2.33. The molecule has 3 rings (SSSR count). The van der Waals surface area contributed by atoms with Gasteiger partial charge in [-0.25, -0.2) is 0 Å². The van der Waals surface area contributed by atoms with Crippen molar-refractivity contribution in [3.05, 3.63) is 54.1 Å². The van der Waals surface area contributed by atoms with Gasteiger partial charge in [0.05, 0.1) is 11.8 Å². The third-order valence-electron chi connectivity index (χ3n) is 4.79. The van der Waals surface area contributed by atoms with Gasteiger partial charge in [0.1, 0.15) is 0 Å². The molecule has 0 aliphatic heterocycles. The van der Waals surface area contributed by atoms with Crippen LogP contribution in [0.1, 0.15) is 25.8 Å². The predicted molar refractivity (Wildman–Crippen MR) is 110 cm³/mol. The molecule has 28 heavy (non-hydrogen) atoms. The van der Waals surface area contributed by atoms with Crippen molar-refractivity contribution in [1.82, 2.24) is 0 Å². The minimum atomic E-state index is -0.323. The highest BCUT2D eigenvalue weighted by molar-refractivity contribution is 6.04. The van der Waals surface area contributed by atoms with Crippen molar-refractivity contribution in [2.75, 3.05) is 22.1 Å². The van der Waals surface area contributed by atoms with Gasteiger partial charge in [-0.3, -0.25) is 14.4 Å². The molecule has 2 aromatic carbocycles. The zero-order valence-corrected chi connectivity index (χ0v) is 16.4. The lowest BCUT2D eigenvalue weighted by molar-refractivity contribution is -0.123. The summed E-state index contributed by atoms with van der Waals surface area (Å²) in [5.74, 6) is -0.972. The first kappa shape index (κ1) is 19.6. The van der Waals surface area contributed by atoms with E-state index in [0.29, 0.717) is 24.3 Å². The number of aryl methyl sites for hydroxylation is 1. The second kappa shape index (κ2) is 8.25. The topological polar surface area (TPSA) is 78.5 Å². The molecule has 3 amide bonds. The summed E-state index contributed by atoms with van der Waals surface area (Å²) in [5.41, 5.74) is 3.17. The molecule has 1 aliphatic carbocycles. The van der Waals surface area contributed by atoms with E-state index in [4.69, 9.17) is 0 Å². The van der Waals surface area contributed by atoms with Gasteiger partial charge in [-0.05, 0) is 56.2 Å². The lowest BCUT2D eigenvalue weighted by atomic mass is 10.2. The number of benzene rings is 2. The van der Waals surface area contributed by atoms with Crippen LogP contribution in [-0.4, -0.2) is 24.3 Å². The van der Waals surface area contributed by atoms with Crippen molar-refractivity contribution in [2.45, 2.75) is 27.2 Å². The molecule has 0 heterocycles. The van der Waals surface area contributed by atoms with Gasteiger partial charge in [0, 0.05) is 30.5 Å². The molecule has 6 nitrogen and oxygen atoms in total. The molecular weight excluding hydrogens is 354 g/mol. The molecule has 6 heteroatoms. The van der Waals surface area contributed by atoms with Crippen molar-refractivity contribution in [3.63, 3.8) is 0 Å². The highest BCUT2D eigenvalue weighted by atomic mass is 16.2. The maximum Gasteiger partial charge on any atom is 0.230 e. The summed E-state index contributed by atoms with van der Waals surface area (Å²) >= 11 is 0. The summed E-state index contributed by atoms with van der Waals surface area (Å²) in [6.07, 6.45) is 0.554. The molecule has 0 saturated heterocycles. The molecule has 2 unspecified atom stereocenters. The highest BCUT2D eigenvalue weighted by Gasteiger charge is 2.49. The Balaban J connectivity index is 1.63. The summed E-state index contributed by atoms with van der Waals surface area (Å²) in [7, 11) is 0. The van der Waals surface area contributed by atoms with Gasteiger partial charge in [0.2, 0.25) is 17.7 Å². The molecule has 2 aromatic rings. The van der Waals surface area contributed by atoms with Crippen molar-refractivity contribution in [2.24, 2.45) is 11.8 Å². The normalized spacial score (nSPS) is 17.5. The van der Waals surface area contributed by atoms with Gasteiger partial charge in [0.25, 0.3) is 0 Å². The van der Waals surface area contributed by atoms with Gasteiger partial charge in [-0.2, -0.15) is 0 Å². The summed E-state index contributed by atoms with van der Waals surface area (Å²) in [6, 6.07) is 14.8. The summed E-state index contributed by atoms with van der Waals surface area (Å²) in [4.78, 5) is 38.4. The van der Waals surface area contributed by atoms with E-state index >= 15 is 0 Å². The van der Waals surface area contributed by atoms with E-state index in [-0.39, 0.29) is 29.6 Å². The van der Waals surface area contributed by atoms with Gasteiger partial charge < -0.3 is 15.5 Å². The van der Waals surface area contributed by atoms with E-state index < -0.39 is 0 Å². The Morgan fingerprint density at radius 3 is 2.32 bits per heavy atom. The number of anilines is 3. The Labute approximate surface area is 164 Å².